The van der Waals surface area contributed by atoms with E-state index >= 15 is 0 Å². The van der Waals surface area contributed by atoms with E-state index in [0.717, 1.165) is 43.3 Å². The van der Waals surface area contributed by atoms with Crippen LogP contribution in [0.25, 0.3) is 0 Å². The molecule has 2 aromatic rings. The van der Waals surface area contributed by atoms with Gasteiger partial charge < -0.3 is 13.9 Å². The zero-order valence-corrected chi connectivity index (χ0v) is 13.1. The number of hydrogen-bond acceptors (Lipinski definition) is 7. The molecule has 4 rings (SSSR count). The molecule has 0 N–H and O–H groups in total. The molecule has 1 saturated heterocycles. The number of aromatic nitrogens is 3. The highest BCUT2D eigenvalue weighted by Gasteiger charge is 2.30. The zero-order chi connectivity index (χ0) is 15.8. The first kappa shape index (κ1) is 14.4. The zero-order valence-electron chi connectivity index (χ0n) is 13.1. The molecule has 2 aromatic heterocycles. The SMILES string of the molecule is Cc1cc(C(=O)N2CCN(Cc3noc(C4CC4)n3)CC2)on1. The van der Waals surface area contributed by atoms with E-state index < -0.39 is 0 Å². The molecule has 0 radical (unpaired) electrons. The summed E-state index contributed by atoms with van der Waals surface area (Å²) in [6.45, 7) is 5.36. The van der Waals surface area contributed by atoms with Gasteiger partial charge in [-0.25, -0.2) is 0 Å². The molecule has 23 heavy (non-hydrogen) atoms. The molecule has 8 nitrogen and oxygen atoms in total. The second kappa shape index (κ2) is 5.77. The largest absolute Gasteiger partial charge is 0.351 e. The summed E-state index contributed by atoms with van der Waals surface area (Å²) in [6, 6.07) is 1.67. The van der Waals surface area contributed by atoms with Gasteiger partial charge in [-0.05, 0) is 19.8 Å². The molecule has 2 aliphatic rings. The van der Waals surface area contributed by atoms with Gasteiger partial charge in [-0.1, -0.05) is 10.3 Å². The molecule has 8 heteroatoms. The molecule has 1 aliphatic carbocycles. The highest BCUT2D eigenvalue weighted by molar-refractivity contribution is 5.91. The van der Waals surface area contributed by atoms with Crippen LogP contribution in [0.3, 0.4) is 0 Å². The minimum Gasteiger partial charge on any atom is -0.351 e. The summed E-state index contributed by atoms with van der Waals surface area (Å²) in [4.78, 5) is 20.8. The van der Waals surface area contributed by atoms with Gasteiger partial charge in [0.15, 0.2) is 5.82 Å². The minimum absolute atomic E-state index is 0.0965. The summed E-state index contributed by atoms with van der Waals surface area (Å²) in [5, 5.41) is 7.81. The second-order valence-electron chi connectivity index (χ2n) is 6.22. The predicted octanol–water partition coefficient (Wildman–Crippen LogP) is 1.20. The maximum absolute atomic E-state index is 12.3. The topological polar surface area (TPSA) is 88.5 Å². The average molecular weight is 317 g/mol. The Hall–Kier alpha value is -2.22. The Morgan fingerprint density at radius 2 is 2.00 bits per heavy atom. The van der Waals surface area contributed by atoms with E-state index in [4.69, 9.17) is 9.05 Å². The van der Waals surface area contributed by atoms with Crippen molar-refractivity contribution in [2.24, 2.45) is 0 Å². The molecule has 0 bridgehead atoms. The number of aryl methyl sites for hydroxylation is 1. The quantitative estimate of drug-likeness (QED) is 0.837. The lowest BCUT2D eigenvalue weighted by Crippen LogP contribution is -2.48. The normalized spacial score (nSPS) is 19.3. The molecule has 0 spiro atoms. The molecule has 0 aromatic carbocycles. The van der Waals surface area contributed by atoms with Gasteiger partial charge in [0.05, 0.1) is 12.2 Å². The number of carbonyl (C=O) groups excluding carboxylic acids is 1. The van der Waals surface area contributed by atoms with Crippen LogP contribution in [-0.2, 0) is 6.54 Å². The van der Waals surface area contributed by atoms with Crippen LogP contribution in [0.5, 0.6) is 0 Å². The molecule has 1 saturated carbocycles. The lowest BCUT2D eigenvalue weighted by molar-refractivity contribution is 0.0585. The number of amides is 1. The standard InChI is InChI=1S/C15H19N5O3/c1-10-8-12(22-17-10)15(21)20-6-4-19(5-7-20)9-13-16-14(23-18-13)11-2-3-11/h8,11H,2-7,9H2,1H3. The van der Waals surface area contributed by atoms with Gasteiger partial charge in [0.25, 0.3) is 5.91 Å². The van der Waals surface area contributed by atoms with Crippen LogP contribution in [0, 0.1) is 6.92 Å². The lowest BCUT2D eigenvalue weighted by Gasteiger charge is -2.33. The molecule has 3 heterocycles. The van der Waals surface area contributed by atoms with Gasteiger partial charge in [-0.15, -0.1) is 0 Å². The first-order valence-corrected chi connectivity index (χ1v) is 7.96. The third-order valence-corrected chi connectivity index (χ3v) is 4.27. The molecular weight excluding hydrogens is 298 g/mol. The van der Waals surface area contributed by atoms with Gasteiger partial charge in [-0.2, -0.15) is 4.98 Å². The van der Waals surface area contributed by atoms with E-state index in [1.165, 1.54) is 0 Å². The minimum atomic E-state index is -0.0965. The highest BCUT2D eigenvalue weighted by atomic mass is 16.5. The van der Waals surface area contributed by atoms with Crippen molar-refractivity contribution in [1.29, 1.82) is 0 Å². The first-order chi connectivity index (χ1) is 11.2. The van der Waals surface area contributed by atoms with Crippen molar-refractivity contribution >= 4 is 5.91 Å². The van der Waals surface area contributed by atoms with Gasteiger partial charge in [0.2, 0.25) is 11.7 Å². The van der Waals surface area contributed by atoms with Crippen molar-refractivity contribution in [3.05, 3.63) is 29.2 Å². The molecule has 0 atom stereocenters. The number of piperazine rings is 1. The maximum Gasteiger partial charge on any atom is 0.292 e. The Kier molecular flexibility index (Phi) is 3.60. The molecular formula is C15H19N5O3. The summed E-state index contributed by atoms with van der Waals surface area (Å²) in [7, 11) is 0. The van der Waals surface area contributed by atoms with E-state index in [0.29, 0.717) is 31.3 Å². The maximum atomic E-state index is 12.3. The van der Waals surface area contributed by atoms with Crippen LogP contribution in [-0.4, -0.2) is 57.2 Å². The van der Waals surface area contributed by atoms with Crippen molar-refractivity contribution in [1.82, 2.24) is 25.1 Å². The highest BCUT2D eigenvalue weighted by Crippen LogP contribution is 2.38. The molecule has 1 aliphatic heterocycles. The summed E-state index contributed by atoms with van der Waals surface area (Å²) in [6.07, 6.45) is 2.31. The van der Waals surface area contributed by atoms with Crippen LogP contribution in [0.15, 0.2) is 15.1 Å². The van der Waals surface area contributed by atoms with Crippen LogP contribution in [0.2, 0.25) is 0 Å². The number of hydrogen-bond donors (Lipinski definition) is 0. The fourth-order valence-electron chi connectivity index (χ4n) is 2.76. The second-order valence-corrected chi connectivity index (χ2v) is 6.22. The number of rotatable bonds is 4. The fraction of sp³-hybridized carbons (Fsp3) is 0.600. The molecule has 0 unspecified atom stereocenters. The third kappa shape index (κ3) is 3.12. The van der Waals surface area contributed by atoms with E-state index in [1.54, 1.807) is 17.9 Å². The fourth-order valence-corrected chi connectivity index (χ4v) is 2.76. The molecule has 2 fully saturated rings. The third-order valence-electron chi connectivity index (χ3n) is 4.27. The van der Waals surface area contributed by atoms with Crippen molar-refractivity contribution in [2.75, 3.05) is 26.2 Å². The van der Waals surface area contributed by atoms with E-state index in [2.05, 4.69) is 20.2 Å². The van der Waals surface area contributed by atoms with Crippen LogP contribution >= 0.6 is 0 Å². The summed E-state index contributed by atoms with van der Waals surface area (Å²) in [5.41, 5.74) is 0.718. The first-order valence-electron chi connectivity index (χ1n) is 7.96. The number of nitrogens with zero attached hydrogens (tertiary/aromatic N) is 5. The van der Waals surface area contributed by atoms with Crippen LogP contribution in [0.1, 0.15) is 46.7 Å². The van der Waals surface area contributed by atoms with Crippen molar-refractivity contribution in [3.63, 3.8) is 0 Å². The van der Waals surface area contributed by atoms with Gasteiger partial charge in [0, 0.05) is 38.2 Å². The Labute approximate surface area is 133 Å². The monoisotopic (exact) mass is 317 g/mol. The average Bonchev–Trinajstić information content (AvgIpc) is 3.16. The van der Waals surface area contributed by atoms with E-state index in [9.17, 15) is 4.79 Å². The van der Waals surface area contributed by atoms with Crippen molar-refractivity contribution in [2.45, 2.75) is 32.2 Å². The Morgan fingerprint density at radius 1 is 1.22 bits per heavy atom. The lowest BCUT2D eigenvalue weighted by atomic mass is 10.2. The van der Waals surface area contributed by atoms with E-state index in [-0.39, 0.29) is 5.91 Å². The molecule has 122 valence electrons. The summed E-state index contributed by atoms with van der Waals surface area (Å²) in [5.74, 6) is 2.20. The predicted molar refractivity (Wildman–Crippen MR) is 78.7 cm³/mol. The van der Waals surface area contributed by atoms with Crippen molar-refractivity contribution in [3.8, 4) is 0 Å². The smallest absolute Gasteiger partial charge is 0.292 e. The van der Waals surface area contributed by atoms with Gasteiger partial charge in [-0.3, -0.25) is 9.69 Å². The van der Waals surface area contributed by atoms with Crippen LogP contribution < -0.4 is 0 Å². The van der Waals surface area contributed by atoms with E-state index in [1.807, 2.05) is 0 Å². The van der Waals surface area contributed by atoms with Crippen molar-refractivity contribution < 1.29 is 13.8 Å². The summed E-state index contributed by atoms with van der Waals surface area (Å²) >= 11 is 0. The Balaban J connectivity index is 1.30. The van der Waals surface area contributed by atoms with Gasteiger partial charge >= 0.3 is 0 Å². The van der Waals surface area contributed by atoms with Crippen LogP contribution in [0.4, 0.5) is 0 Å². The molecule has 1 amide bonds. The number of carbonyl (C=O) groups is 1. The summed E-state index contributed by atoms with van der Waals surface area (Å²) < 4.78 is 10.3. The van der Waals surface area contributed by atoms with Gasteiger partial charge in [0.1, 0.15) is 0 Å². The Morgan fingerprint density at radius 3 is 2.65 bits per heavy atom. The Bertz CT molecular complexity index is 698.